The Labute approximate surface area is 146 Å². The lowest BCUT2D eigenvalue weighted by molar-refractivity contribution is 0.0754. The largest absolute Gasteiger partial charge is 0.419 e. The quantitative estimate of drug-likeness (QED) is 0.712. The Kier molecular flexibility index (Phi) is 4.56. The maximum absolute atomic E-state index is 5.97. The predicted molar refractivity (Wildman–Crippen MR) is 92.5 cm³/mol. The van der Waals surface area contributed by atoms with Crippen LogP contribution in [0.3, 0.4) is 0 Å². The normalized spacial score (nSPS) is 19.8. The first kappa shape index (κ1) is 16.0. The average molecular weight is 338 g/mol. The molecule has 2 atom stereocenters. The van der Waals surface area contributed by atoms with Gasteiger partial charge < -0.3 is 4.42 Å². The van der Waals surface area contributed by atoms with Crippen molar-refractivity contribution in [2.45, 2.75) is 44.8 Å². The lowest BCUT2D eigenvalue weighted by atomic mass is 10.00. The van der Waals surface area contributed by atoms with Gasteiger partial charge in [0.25, 0.3) is 0 Å². The molecule has 1 fully saturated rings. The minimum absolute atomic E-state index is 0.0822. The molecule has 0 spiro atoms. The highest BCUT2D eigenvalue weighted by atomic mass is 16.4. The van der Waals surface area contributed by atoms with Crippen LogP contribution in [0, 0.1) is 0 Å². The van der Waals surface area contributed by atoms with Crippen molar-refractivity contribution in [2.24, 2.45) is 0 Å². The minimum Gasteiger partial charge on any atom is -0.419 e. The lowest BCUT2D eigenvalue weighted by Crippen LogP contribution is -2.43. The Hall–Kier alpha value is -2.54. The first-order chi connectivity index (χ1) is 12.3. The summed E-state index contributed by atoms with van der Waals surface area (Å²) in [5.41, 5.74) is 0.950. The van der Waals surface area contributed by atoms with Crippen LogP contribution in [0.15, 0.2) is 47.4 Å². The van der Waals surface area contributed by atoms with Crippen molar-refractivity contribution in [2.75, 3.05) is 6.54 Å². The van der Waals surface area contributed by atoms with Gasteiger partial charge in [-0.2, -0.15) is 5.10 Å². The standard InChI is InChI=1S/C18H22N6O/c1-14(17-21-22-18(25-17)15-7-3-2-4-8-15)24-10-6-5-9-16(24)11-23-13-19-12-20-23/h2-4,7-8,12-14,16H,5-6,9-11H2,1H3. The minimum atomic E-state index is 0.0822. The third-order valence-electron chi connectivity index (χ3n) is 4.85. The Bertz CT molecular complexity index is 785. The van der Waals surface area contributed by atoms with Crippen molar-refractivity contribution in [1.82, 2.24) is 29.9 Å². The number of rotatable bonds is 5. The first-order valence-electron chi connectivity index (χ1n) is 8.78. The van der Waals surface area contributed by atoms with Gasteiger partial charge >= 0.3 is 0 Å². The smallest absolute Gasteiger partial charge is 0.247 e. The summed E-state index contributed by atoms with van der Waals surface area (Å²) in [6, 6.07) is 10.4. The second kappa shape index (κ2) is 7.14. The summed E-state index contributed by atoms with van der Waals surface area (Å²) in [5.74, 6) is 1.25. The van der Waals surface area contributed by atoms with Crippen molar-refractivity contribution in [1.29, 1.82) is 0 Å². The number of hydrogen-bond donors (Lipinski definition) is 0. The van der Waals surface area contributed by atoms with Gasteiger partial charge in [-0.1, -0.05) is 24.6 Å². The van der Waals surface area contributed by atoms with Gasteiger partial charge in [-0.25, -0.2) is 4.98 Å². The molecule has 1 aromatic carbocycles. The summed E-state index contributed by atoms with van der Waals surface area (Å²) in [5, 5.41) is 12.8. The van der Waals surface area contributed by atoms with Gasteiger partial charge in [0.1, 0.15) is 12.7 Å². The van der Waals surface area contributed by atoms with Crippen molar-refractivity contribution < 1.29 is 4.42 Å². The van der Waals surface area contributed by atoms with Gasteiger partial charge in [-0.3, -0.25) is 9.58 Å². The van der Waals surface area contributed by atoms with Gasteiger partial charge in [-0.15, -0.1) is 10.2 Å². The second-order valence-corrected chi connectivity index (χ2v) is 6.49. The summed E-state index contributed by atoms with van der Waals surface area (Å²) in [4.78, 5) is 6.50. The molecule has 7 heteroatoms. The molecule has 0 amide bonds. The van der Waals surface area contributed by atoms with Crippen molar-refractivity contribution in [3.05, 3.63) is 48.9 Å². The first-order valence-corrected chi connectivity index (χ1v) is 8.78. The van der Waals surface area contributed by atoms with Crippen LogP contribution in [0.1, 0.15) is 38.1 Å². The molecule has 2 aromatic heterocycles. The highest BCUT2D eigenvalue weighted by Crippen LogP contribution is 2.30. The molecule has 0 N–H and O–H groups in total. The Balaban J connectivity index is 1.52. The van der Waals surface area contributed by atoms with E-state index in [1.807, 2.05) is 35.0 Å². The van der Waals surface area contributed by atoms with E-state index >= 15 is 0 Å². The van der Waals surface area contributed by atoms with Gasteiger partial charge in [0, 0.05) is 11.6 Å². The van der Waals surface area contributed by atoms with Crippen molar-refractivity contribution in [3.8, 4) is 11.5 Å². The van der Waals surface area contributed by atoms with Crippen LogP contribution in [0.25, 0.3) is 11.5 Å². The molecule has 7 nitrogen and oxygen atoms in total. The van der Waals surface area contributed by atoms with Crippen LogP contribution in [0.4, 0.5) is 0 Å². The maximum Gasteiger partial charge on any atom is 0.247 e. The third-order valence-corrected chi connectivity index (χ3v) is 4.85. The highest BCUT2D eigenvalue weighted by molar-refractivity contribution is 5.51. The molecule has 0 aliphatic carbocycles. The van der Waals surface area contributed by atoms with E-state index in [4.69, 9.17) is 4.42 Å². The van der Waals surface area contributed by atoms with Gasteiger partial charge in [0.2, 0.25) is 11.8 Å². The molecule has 130 valence electrons. The molecule has 3 aromatic rings. The highest BCUT2D eigenvalue weighted by Gasteiger charge is 2.30. The Morgan fingerprint density at radius 2 is 2.08 bits per heavy atom. The predicted octanol–water partition coefficient (Wildman–Crippen LogP) is 2.94. The fourth-order valence-electron chi connectivity index (χ4n) is 3.51. The molecule has 1 aliphatic heterocycles. The third kappa shape index (κ3) is 3.46. The molecule has 1 saturated heterocycles. The summed E-state index contributed by atoms with van der Waals surface area (Å²) >= 11 is 0. The van der Waals surface area contributed by atoms with Crippen LogP contribution in [0.2, 0.25) is 0 Å². The van der Waals surface area contributed by atoms with E-state index in [0.29, 0.717) is 17.8 Å². The van der Waals surface area contributed by atoms with Crippen LogP contribution in [0.5, 0.6) is 0 Å². The molecule has 0 radical (unpaired) electrons. The summed E-state index contributed by atoms with van der Waals surface area (Å²) in [6.07, 6.45) is 6.93. The molecule has 2 unspecified atom stereocenters. The van der Waals surface area contributed by atoms with Crippen LogP contribution >= 0.6 is 0 Å². The van der Waals surface area contributed by atoms with E-state index in [1.54, 1.807) is 12.7 Å². The molecule has 1 aliphatic rings. The van der Waals surface area contributed by atoms with Crippen LogP contribution in [-0.4, -0.2) is 42.4 Å². The molecule has 3 heterocycles. The second-order valence-electron chi connectivity index (χ2n) is 6.49. The van der Waals surface area contributed by atoms with Gasteiger partial charge in [0.05, 0.1) is 12.6 Å². The number of likely N-dealkylation sites (tertiary alicyclic amines) is 1. The Morgan fingerprint density at radius 3 is 2.88 bits per heavy atom. The molecule has 4 rings (SSSR count). The number of hydrogen-bond acceptors (Lipinski definition) is 6. The molecular weight excluding hydrogens is 316 g/mol. The summed E-state index contributed by atoms with van der Waals surface area (Å²) in [7, 11) is 0. The molecule has 0 bridgehead atoms. The zero-order chi connectivity index (χ0) is 17.1. The van der Waals surface area contributed by atoms with E-state index < -0.39 is 0 Å². The van der Waals surface area contributed by atoms with E-state index in [-0.39, 0.29) is 6.04 Å². The average Bonchev–Trinajstić information content (AvgIpc) is 3.34. The Morgan fingerprint density at radius 1 is 1.20 bits per heavy atom. The molecule has 0 saturated carbocycles. The number of benzene rings is 1. The monoisotopic (exact) mass is 338 g/mol. The fourth-order valence-corrected chi connectivity index (χ4v) is 3.51. The molecule has 25 heavy (non-hydrogen) atoms. The van der Waals surface area contributed by atoms with Crippen molar-refractivity contribution >= 4 is 0 Å². The zero-order valence-corrected chi connectivity index (χ0v) is 14.3. The van der Waals surface area contributed by atoms with E-state index in [9.17, 15) is 0 Å². The lowest BCUT2D eigenvalue weighted by Gasteiger charge is -2.38. The van der Waals surface area contributed by atoms with Gasteiger partial charge in [0.15, 0.2) is 0 Å². The number of piperidine rings is 1. The van der Waals surface area contributed by atoms with Crippen LogP contribution < -0.4 is 0 Å². The number of nitrogens with zero attached hydrogens (tertiary/aromatic N) is 6. The topological polar surface area (TPSA) is 72.9 Å². The summed E-state index contributed by atoms with van der Waals surface area (Å²) in [6.45, 7) is 4.01. The van der Waals surface area contributed by atoms with Gasteiger partial charge in [-0.05, 0) is 38.4 Å². The van der Waals surface area contributed by atoms with Crippen molar-refractivity contribution in [3.63, 3.8) is 0 Å². The number of aromatic nitrogens is 5. The van der Waals surface area contributed by atoms with E-state index in [2.05, 4.69) is 32.1 Å². The van der Waals surface area contributed by atoms with Crippen LogP contribution in [-0.2, 0) is 6.54 Å². The zero-order valence-electron chi connectivity index (χ0n) is 14.3. The SMILES string of the molecule is CC(c1nnc(-c2ccccc2)o1)N1CCCCC1Cn1cncn1. The molecular formula is C18H22N6O. The van der Waals surface area contributed by atoms with E-state index in [1.165, 1.54) is 12.8 Å². The maximum atomic E-state index is 5.97. The summed E-state index contributed by atoms with van der Waals surface area (Å²) < 4.78 is 7.87. The fraction of sp³-hybridized carbons (Fsp3) is 0.444. The van der Waals surface area contributed by atoms with E-state index in [0.717, 1.165) is 25.1 Å².